The largest absolute Gasteiger partial charge is 0.459 e. The number of carbonyl (C=O) groups is 2. The highest BCUT2D eigenvalue weighted by atomic mass is 35.5. The van der Waals surface area contributed by atoms with Crippen LogP contribution in [-0.4, -0.2) is 59.8 Å². The van der Waals surface area contributed by atoms with Gasteiger partial charge in [-0.25, -0.2) is 19.6 Å². The number of nitrogens with zero attached hydrogens (tertiary/aromatic N) is 6. The zero-order valence-corrected chi connectivity index (χ0v) is 29.6. The van der Waals surface area contributed by atoms with Crippen LogP contribution in [0.3, 0.4) is 0 Å². The van der Waals surface area contributed by atoms with Gasteiger partial charge in [-0.2, -0.15) is 9.97 Å². The molecule has 0 aliphatic carbocycles. The number of esters is 2. The lowest BCUT2D eigenvalue weighted by atomic mass is 10.0. The zero-order chi connectivity index (χ0) is 36.5. The molecule has 0 radical (unpaired) electrons. The van der Waals surface area contributed by atoms with E-state index in [9.17, 15) is 9.59 Å². The molecule has 4 heterocycles. The highest BCUT2D eigenvalue weighted by Crippen LogP contribution is 2.37. The summed E-state index contributed by atoms with van der Waals surface area (Å²) < 4.78 is 21.8. The van der Waals surface area contributed by atoms with Gasteiger partial charge in [-0.05, 0) is 49.7 Å². The number of fused-ring (bicyclic) bond motifs is 1. The van der Waals surface area contributed by atoms with Crippen molar-refractivity contribution in [2.75, 3.05) is 6.61 Å². The molecule has 8 rings (SSSR count). The molecule has 264 valence electrons. The average Bonchev–Trinajstić information content (AvgIpc) is 3.92. The van der Waals surface area contributed by atoms with E-state index in [-0.39, 0.29) is 18.3 Å². The molecule has 0 spiro atoms. The first-order chi connectivity index (χ1) is 25.8. The predicted molar refractivity (Wildman–Crippen MR) is 199 cm³/mol. The Morgan fingerprint density at radius 3 is 2.06 bits per heavy atom. The molecule has 1 saturated heterocycles. The summed E-state index contributed by atoms with van der Waals surface area (Å²) in [5.41, 5.74) is 7.12. The Kier molecular flexibility index (Phi) is 9.26. The van der Waals surface area contributed by atoms with Crippen LogP contribution < -0.4 is 0 Å². The van der Waals surface area contributed by atoms with Gasteiger partial charge in [0.2, 0.25) is 5.28 Å². The van der Waals surface area contributed by atoms with Crippen LogP contribution in [-0.2, 0) is 14.2 Å². The Bertz CT molecular complexity index is 2410. The molecule has 7 aromatic rings. The van der Waals surface area contributed by atoms with E-state index >= 15 is 0 Å². The molecule has 53 heavy (non-hydrogen) atoms. The van der Waals surface area contributed by atoms with E-state index in [2.05, 4.69) is 9.97 Å². The molecule has 0 bridgehead atoms. The van der Waals surface area contributed by atoms with Crippen LogP contribution in [0.4, 0.5) is 0 Å². The van der Waals surface area contributed by atoms with Gasteiger partial charge in [-0.15, -0.1) is 0 Å². The van der Waals surface area contributed by atoms with Gasteiger partial charge >= 0.3 is 11.9 Å². The van der Waals surface area contributed by atoms with Crippen LogP contribution in [0.5, 0.6) is 0 Å². The number of rotatable bonds is 9. The summed E-state index contributed by atoms with van der Waals surface area (Å²) in [5.74, 6) is -0.599. The van der Waals surface area contributed by atoms with Gasteiger partial charge < -0.3 is 14.2 Å². The van der Waals surface area contributed by atoms with E-state index < -0.39 is 30.4 Å². The SMILES string of the molecule is Cc1ccc(C(=O)OC[C@H]2O[C@@H](n3cnc4c(-n5cnc(-c6ccccc6)c5-c5ccccc5)nc(Cl)nc43)C[C@@H]2OC(=O)c2ccc(C)cc2)cc1. The maximum absolute atomic E-state index is 13.3. The summed E-state index contributed by atoms with van der Waals surface area (Å²) in [5, 5.41) is -0.00727. The van der Waals surface area contributed by atoms with Gasteiger partial charge in [0, 0.05) is 17.5 Å². The van der Waals surface area contributed by atoms with Crippen LogP contribution in [0, 0.1) is 13.8 Å². The first-order valence-electron chi connectivity index (χ1n) is 17.1. The summed E-state index contributed by atoms with van der Waals surface area (Å²) in [7, 11) is 0. The van der Waals surface area contributed by atoms with Crippen molar-refractivity contribution < 1.29 is 23.8 Å². The second-order valence-electron chi connectivity index (χ2n) is 12.8. The molecule has 0 amide bonds. The Balaban J connectivity index is 1.14. The summed E-state index contributed by atoms with van der Waals surface area (Å²) in [6, 6.07) is 34.0. The standard InChI is InChI=1S/C41H33ClN6O5/c1-25-13-17-29(18-14-25)39(49)51-22-32-31(53-40(50)30-19-15-26(2)16-20-30)21-33(52-32)47-23-44-35-37(47)45-41(42)46-38(35)48-24-43-34(27-9-5-3-6-10-27)36(48)28-11-7-4-8-12-28/h3-20,23-24,31-33H,21-22H2,1-2H3/t31-,32+,33+/m0/s1. The van der Waals surface area contributed by atoms with E-state index in [4.69, 9.17) is 35.8 Å². The molecule has 0 unspecified atom stereocenters. The zero-order valence-electron chi connectivity index (χ0n) is 28.8. The molecule has 0 N–H and O–H groups in total. The van der Waals surface area contributed by atoms with Crippen LogP contribution in [0.2, 0.25) is 5.28 Å². The summed E-state index contributed by atoms with van der Waals surface area (Å²) >= 11 is 6.62. The molecular weight excluding hydrogens is 692 g/mol. The number of imidazole rings is 2. The van der Waals surface area contributed by atoms with Gasteiger partial charge in [0.1, 0.15) is 31.4 Å². The second kappa shape index (κ2) is 14.5. The number of hydrogen-bond donors (Lipinski definition) is 0. The number of ether oxygens (including phenoxy) is 3. The quantitative estimate of drug-likeness (QED) is 0.108. The molecule has 1 aliphatic heterocycles. The molecule has 4 aromatic carbocycles. The highest BCUT2D eigenvalue weighted by Gasteiger charge is 2.41. The number of carbonyl (C=O) groups excluding carboxylic acids is 2. The number of halogens is 1. The molecule has 12 heteroatoms. The number of benzene rings is 4. The first kappa shape index (κ1) is 33.9. The smallest absolute Gasteiger partial charge is 0.338 e. The molecule has 0 saturated carbocycles. The molecule has 3 aromatic heterocycles. The van der Waals surface area contributed by atoms with Crippen molar-refractivity contribution in [3.63, 3.8) is 0 Å². The predicted octanol–water partition coefficient (Wildman–Crippen LogP) is 7.99. The van der Waals surface area contributed by atoms with Crippen molar-refractivity contribution in [3.05, 3.63) is 149 Å². The van der Waals surface area contributed by atoms with Crippen molar-refractivity contribution in [3.8, 4) is 28.3 Å². The molecule has 3 atom stereocenters. The minimum absolute atomic E-state index is 0.00727. The monoisotopic (exact) mass is 724 g/mol. The Labute approximate surface area is 309 Å². The van der Waals surface area contributed by atoms with Crippen molar-refractivity contribution in [2.24, 2.45) is 0 Å². The van der Waals surface area contributed by atoms with Gasteiger partial charge in [-0.1, -0.05) is 96.1 Å². The first-order valence-corrected chi connectivity index (χ1v) is 17.5. The summed E-state index contributed by atoms with van der Waals surface area (Å²) in [4.78, 5) is 45.0. The van der Waals surface area contributed by atoms with E-state index in [1.165, 1.54) is 0 Å². The maximum atomic E-state index is 13.3. The van der Waals surface area contributed by atoms with Crippen molar-refractivity contribution in [1.29, 1.82) is 0 Å². The number of aryl methyl sites for hydroxylation is 2. The molecule has 1 aliphatic rings. The van der Waals surface area contributed by atoms with Crippen LogP contribution in [0.15, 0.2) is 122 Å². The van der Waals surface area contributed by atoms with E-state index in [1.807, 2.05) is 103 Å². The van der Waals surface area contributed by atoms with Gasteiger partial charge in [0.25, 0.3) is 0 Å². The van der Waals surface area contributed by atoms with Gasteiger partial charge in [0.05, 0.1) is 28.8 Å². The fourth-order valence-electron chi connectivity index (χ4n) is 6.41. The second-order valence-corrected chi connectivity index (χ2v) is 13.2. The number of hydrogen-bond acceptors (Lipinski definition) is 9. The Hall–Kier alpha value is -6.17. The van der Waals surface area contributed by atoms with E-state index in [1.54, 1.807) is 41.5 Å². The lowest BCUT2D eigenvalue weighted by molar-refractivity contribution is -0.0563. The van der Waals surface area contributed by atoms with Gasteiger partial charge in [0.15, 0.2) is 17.0 Å². The van der Waals surface area contributed by atoms with Crippen LogP contribution in [0.1, 0.15) is 44.5 Å². The minimum Gasteiger partial charge on any atom is -0.459 e. The van der Waals surface area contributed by atoms with Crippen molar-refractivity contribution in [1.82, 2.24) is 29.1 Å². The maximum Gasteiger partial charge on any atom is 0.338 e. The van der Waals surface area contributed by atoms with Crippen LogP contribution in [0.25, 0.3) is 39.5 Å². The summed E-state index contributed by atoms with van der Waals surface area (Å²) in [6.07, 6.45) is 1.28. The lowest BCUT2D eigenvalue weighted by Gasteiger charge is -2.19. The van der Waals surface area contributed by atoms with E-state index in [0.29, 0.717) is 28.1 Å². The third-order valence-electron chi connectivity index (χ3n) is 9.17. The molecule has 1 fully saturated rings. The fourth-order valence-corrected chi connectivity index (χ4v) is 6.57. The lowest BCUT2D eigenvalue weighted by Crippen LogP contribution is -2.32. The number of aromatic nitrogens is 6. The topological polar surface area (TPSA) is 123 Å². The van der Waals surface area contributed by atoms with Gasteiger partial charge in [-0.3, -0.25) is 9.13 Å². The third kappa shape index (κ3) is 6.92. The third-order valence-corrected chi connectivity index (χ3v) is 9.34. The van der Waals surface area contributed by atoms with Crippen molar-refractivity contribution >= 4 is 34.7 Å². The average molecular weight is 725 g/mol. The minimum atomic E-state index is -0.787. The van der Waals surface area contributed by atoms with E-state index in [0.717, 1.165) is 33.6 Å². The Morgan fingerprint density at radius 2 is 1.40 bits per heavy atom. The fraction of sp³-hybridized carbons (Fsp3) is 0.171. The highest BCUT2D eigenvalue weighted by molar-refractivity contribution is 6.28. The molecular formula is C41H33ClN6O5. The van der Waals surface area contributed by atoms with Crippen LogP contribution >= 0.6 is 11.6 Å². The Morgan fingerprint density at radius 1 is 0.774 bits per heavy atom. The normalized spacial score (nSPS) is 16.8. The summed E-state index contributed by atoms with van der Waals surface area (Å²) in [6.45, 7) is 3.73. The molecule has 11 nitrogen and oxygen atoms in total. The van der Waals surface area contributed by atoms with Crippen molar-refractivity contribution in [2.45, 2.75) is 38.7 Å².